The van der Waals surface area contributed by atoms with Gasteiger partial charge in [0.25, 0.3) is 0 Å². The average molecular weight is 462 g/mol. The number of aryl methyl sites for hydroxylation is 1. The van der Waals surface area contributed by atoms with Gasteiger partial charge >= 0.3 is 6.03 Å². The summed E-state index contributed by atoms with van der Waals surface area (Å²) < 4.78 is 0. The molecule has 2 atom stereocenters. The molecule has 4 nitrogen and oxygen atoms in total. The van der Waals surface area contributed by atoms with E-state index >= 15 is 0 Å². The molecule has 2 amide bonds. The van der Waals surface area contributed by atoms with E-state index < -0.39 is 0 Å². The van der Waals surface area contributed by atoms with Crippen LogP contribution in [-0.4, -0.2) is 53.6 Å². The molecule has 34 heavy (non-hydrogen) atoms. The smallest absolute Gasteiger partial charge is 0.317 e. The molecule has 2 aliphatic rings. The predicted molar refractivity (Wildman–Crippen MR) is 141 cm³/mol. The van der Waals surface area contributed by atoms with Crippen molar-refractivity contribution in [2.24, 2.45) is 5.92 Å². The van der Waals surface area contributed by atoms with Crippen LogP contribution in [0.5, 0.6) is 0 Å². The molecule has 0 spiro atoms. The van der Waals surface area contributed by atoms with Crippen LogP contribution in [0.2, 0.25) is 0 Å². The van der Waals surface area contributed by atoms with Crippen molar-refractivity contribution in [3.8, 4) is 0 Å². The molecular weight excluding hydrogens is 418 g/mol. The molecule has 2 saturated heterocycles. The van der Waals surface area contributed by atoms with E-state index in [1.807, 2.05) is 0 Å². The maximum atomic E-state index is 13.3. The Bertz CT molecular complexity index is 876. The van der Waals surface area contributed by atoms with Gasteiger partial charge in [0.05, 0.1) is 0 Å². The van der Waals surface area contributed by atoms with Gasteiger partial charge in [-0.2, -0.15) is 0 Å². The Morgan fingerprint density at radius 2 is 1.56 bits per heavy atom. The molecule has 184 valence electrons. The number of piperidine rings is 2. The van der Waals surface area contributed by atoms with Crippen molar-refractivity contribution in [1.82, 2.24) is 15.1 Å². The Hall–Kier alpha value is -2.33. The van der Waals surface area contributed by atoms with Crippen molar-refractivity contribution in [2.75, 3.05) is 26.2 Å². The van der Waals surface area contributed by atoms with Crippen molar-refractivity contribution in [2.45, 2.75) is 76.8 Å². The van der Waals surface area contributed by atoms with Crippen LogP contribution in [0.25, 0.3) is 0 Å². The van der Waals surface area contributed by atoms with Crippen LogP contribution in [0.4, 0.5) is 4.79 Å². The van der Waals surface area contributed by atoms with Crippen LogP contribution in [-0.2, 0) is 12.8 Å². The topological polar surface area (TPSA) is 35.6 Å². The van der Waals surface area contributed by atoms with Gasteiger partial charge in [0.2, 0.25) is 0 Å². The number of urea groups is 1. The number of unbranched alkanes of at least 4 members (excludes halogenated alkanes) is 1. The minimum absolute atomic E-state index is 0.111. The average Bonchev–Trinajstić information content (AvgIpc) is 2.86. The zero-order valence-corrected chi connectivity index (χ0v) is 21.2. The van der Waals surface area contributed by atoms with Crippen molar-refractivity contribution in [1.29, 1.82) is 0 Å². The predicted octanol–water partition coefficient (Wildman–Crippen LogP) is 5.92. The largest absolute Gasteiger partial charge is 0.338 e. The fraction of sp³-hybridized carbons (Fsp3) is 0.567. The number of amides is 2. The fourth-order valence-corrected chi connectivity index (χ4v) is 5.93. The second-order valence-electron chi connectivity index (χ2n) is 10.9. The van der Waals surface area contributed by atoms with Gasteiger partial charge in [-0.1, -0.05) is 67.1 Å². The zero-order chi connectivity index (χ0) is 23.8. The Labute approximate surface area is 206 Å². The molecule has 1 N–H and O–H groups in total. The summed E-state index contributed by atoms with van der Waals surface area (Å²) in [5, 5.41) is 3.25. The van der Waals surface area contributed by atoms with Crippen LogP contribution in [0.3, 0.4) is 0 Å². The molecule has 0 bridgehead atoms. The van der Waals surface area contributed by atoms with Gasteiger partial charge in [0, 0.05) is 24.7 Å². The van der Waals surface area contributed by atoms with Gasteiger partial charge in [-0.05, 0) is 88.9 Å². The van der Waals surface area contributed by atoms with E-state index in [9.17, 15) is 4.79 Å². The highest BCUT2D eigenvalue weighted by atomic mass is 16.2. The van der Waals surface area contributed by atoms with Gasteiger partial charge in [-0.15, -0.1) is 0 Å². The minimum Gasteiger partial charge on any atom is -0.338 e. The van der Waals surface area contributed by atoms with E-state index in [1.165, 1.54) is 43.5 Å². The lowest BCUT2D eigenvalue weighted by atomic mass is 9.77. The number of carbonyl (C=O) groups is 1. The van der Waals surface area contributed by atoms with Gasteiger partial charge in [0.15, 0.2) is 0 Å². The van der Waals surface area contributed by atoms with Crippen molar-refractivity contribution < 1.29 is 4.79 Å². The molecule has 2 aliphatic heterocycles. The summed E-state index contributed by atoms with van der Waals surface area (Å²) in [7, 11) is 0. The Balaban J connectivity index is 1.36. The molecule has 2 fully saturated rings. The van der Waals surface area contributed by atoms with E-state index in [0.717, 1.165) is 45.2 Å². The number of nitrogens with one attached hydrogen (secondary N) is 1. The number of carbonyl (C=O) groups excluding carboxylic acids is 1. The lowest BCUT2D eigenvalue weighted by Gasteiger charge is -2.53. The summed E-state index contributed by atoms with van der Waals surface area (Å²) in [6.07, 6.45) is 9.24. The third-order valence-corrected chi connectivity index (χ3v) is 7.86. The first-order valence-electron chi connectivity index (χ1n) is 13.4. The first-order chi connectivity index (χ1) is 16.5. The highest BCUT2D eigenvalue weighted by molar-refractivity contribution is 5.75. The SMILES string of the molecule is CC1(C)CC(N2CCCCC2)C(Cc2ccccc2)CN1C(=O)NCCCCc1ccccc1. The van der Waals surface area contributed by atoms with Crippen molar-refractivity contribution >= 4 is 6.03 Å². The first-order valence-corrected chi connectivity index (χ1v) is 13.4. The third-order valence-electron chi connectivity index (χ3n) is 7.86. The molecule has 4 heteroatoms. The maximum Gasteiger partial charge on any atom is 0.317 e. The summed E-state index contributed by atoms with van der Waals surface area (Å²) in [5.74, 6) is 0.470. The molecule has 2 unspecified atom stereocenters. The molecule has 2 heterocycles. The number of hydrogen-bond donors (Lipinski definition) is 1. The van der Waals surface area contributed by atoms with Gasteiger partial charge in [-0.25, -0.2) is 4.79 Å². The molecule has 2 aromatic rings. The first kappa shape index (κ1) is 24.8. The summed E-state index contributed by atoms with van der Waals surface area (Å²) in [4.78, 5) is 18.2. The standard InChI is InChI=1S/C30H43N3O/c1-30(2)23-28(32-20-12-5-13-21-32)27(22-26-17-8-4-9-18-26)24-33(30)29(34)31-19-11-10-16-25-14-6-3-7-15-25/h3-4,6-9,14-15,17-18,27-28H,5,10-13,16,19-24H2,1-2H3,(H,31,34). The molecule has 0 aromatic heterocycles. The second-order valence-corrected chi connectivity index (χ2v) is 10.9. The summed E-state index contributed by atoms with van der Waals surface area (Å²) in [6.45, 7) is 8.52. The van der Waals surface area contributed by atoms with E-state index in [-0.39, 0.29) is 11.6 Å². The number of likely N-dealkylation sites (tertiary alicyclic amines) is 2. The number of nitrogens with zero attached hydrogens (tertiary/aromatic N) is 2. The van der Waals surface area contributed by atoms with Crippen LogP contribution in [0, 0.1) is 5.92 Å². The molecular formula is C30H43N3O. The highest BCUT2D eigenvalue weighted by Gasteiger charge is 2.44. The summed E-state index contributed by atoms with van der Waals surface area (Å²) in [5.41, 5.74) is 2.62. The van der Waals surface area contributed by atoms with Crippen molar-refractivity contribution in [3.05, 3.63) is 71.8 Å². The lowest BCUT2D eigenvalue weighted by Crippen LogP contribution is -2.63. The third kappa shape index (κ3) is 6.63. The molecule has 4 rings (SSSR count). The quantitative estimate of drug-likeness (QED) is 0.496. The minimum atomic E-state index is -0.135. The molecule has 2 aromatic carbocycles. The van der Waals surface area contributed by atoms with Gasteiger partial charge < -0.3 is 10.2 Å². The lowest BCUT2D eigenvalue weighted by molar-refractivity contribution is -0.00412. The van der Waals surface area contributed by atoms with Gasteiger partial charge in [0.1, 0.15) is 0 Å². The highest BCUT2D eigenvalue weighted by Crippen LogP contribution is 2.36. The van der Waals surface area contributed by atoms with Crippen molar-refractivity contribution in [3.63, 3.8) is 0 Å². The number of benzene rings is 2. The summed E-state index contributed by atoms with van der Waals surface area (Å²) in [6, 6.07) is 22.1. The zero-order valence-electron chi connectivity index (χ0n) is 21.2. The second kappa shape index (κ2) is 11.9. The Morgan fingerprint density at radius 3 is 2.24 bits per heavy atom. The maximum absolute atomic E-state index is 13.3. The van der Waals surface area contributed by atoms with Gasteiger partial charge in [-0.3, -0.25) is 4.90 Å². The number of rotatable bonds is 8. The normalized spacial score (nSPS) is 22.9. The summed E-state index contributed by atoms with van der Waals surface area (Å²) >= 11 is 0. The Morgan fingerprint density at radius 1 is 0.912 bits per heavy atom. The molecule has 0 aliphatic carbocycles. The van der Waals surface area contributed by atoms with E-state index in [2.05, 4.69) is 89.6 Å². The van der Waals surface area contributed by atoms with E-state index in [0.29, 0.717) is 12.0 Å². The number of hydrogen-bond acceptors (Lipinski definition) is 2. The van der Waals surface area contributed by atoms with E-state index in [1.54, 1.807) is 0 Å². The van der Waals surface area contributed by atoms with E-state index in [4.69, 9.17) is 0 Å². The van der Waals surface area contributed by atoms with Crippen LogP contribution in [0.15, 0.2) is 60.7 Å². The van der Waals surface area contributed by atoms with Crippen LogP contribution >= 0.6 is 0 Å². The molecule has 0 radical (unpaired) electrons. The van der Waals surface area contributed by atoms with Crippen LogP contribution in [0.1, 0.15) is 63.5 Å². The Kier molecular flexibility index (Phi) is 8.66. The molecule has 0 saturated carbocycles. The fourth-order valence-electron chi connectivity index (χ4n) is 5.93. The van der Waals surface area contributed by atoms with Crippen LogP contribution < -0.4 is 5.32 Å². The monoisotopic (exact) mass is 461 g/mol.